The summed E-state index contributed by atoms with van der Waals surface area (Å²) >= 11 is 3.27. The van der Waals surface area contributed by atoms with E-state index in [0.29, 0.717) is 0 Å². The van der Waals surface area contributed by atoms with Gasteiger partial charge in [0.2, 0.25) is 0 Å². The van der Waals surface area contributed by atoms with Crippen LogP contribution < -0.4 is 0 Å². The quantitative estimate of drug-likeness (QED) is 0.632. The van der Waals surface area contributed by atoms with Crippen molar-refractivity contribution in [3.63, 3.8) is 0 Å². The van der Waals surface area contributed by atoms with Gasteiger partial charge in [-0.15, -0.1) is 0 Å². The highest BCUT2D eigenvalue weighted by molar-refractivity contribution is 9.09. The molecule has 0 amide bonds. The van der Waals surface area contributed by atoms with Crippen LogP contribution in [0.2, 0.25) is 0 Å². The SMILES string of the molecule is CC(O)CCCBr. The van der Waals surface area contributed by atoms with Crippen molar-refractivity contribution in [2.45, 2.75) is 25.9 Å². The Kier molecular flexibility index (Phi) is 4.88. The molecule has 0 heterocycles. The summed E-state index contributed by atoms with van der Waals surface area (Å²) in [6.45, 7) is 1.81. The average molecular weight is 167 g/mol. The van der Waals surface area contributed by atoms with Crippen molar-refractivity contribution in [3.8, 4) is 0 Å². The second kappa shape index (κ2) is 4.60. The molecule has 0 radical (unpaired) electrons. The lowest BCUT2D eigenvalue weighted by molar-refractivity contribution is 0.184. The summed E-state index contributed by atoms with van der Waals surface area (Å²) in [5.41, 5.74) is 0. The van der Waals surface area contributed by atoms with Crippen LogP contribution in [0.5, 0.6) is 0 Å². The number of rotatable bonds is 3. The van der Waals surface area contributed by atoms with Gasteiger partial charge in [-0.2, -0.15) is 0 Å². The van der Waals surface area contributed by atoms with E-state index in [2.05, 4.69) is 15.9 Å². The molecule has 0 aromatic carbocycles. The maximum atomic E-state index is 8.66. The van der Waals surface area contributed by atoms with E-state index in [1.165, 1.54) is 0 Å². The van der Waals surface area contributed by atoms with E-state index in [1.54, 1.807) is 0 Å². The highest BCUT2D eigenvalue weighted by atomic mass is 79.9. The van der Waals surface area contributed by atoms with Crippen LogP contribution in [-0.4, -0.2) is 16.5 Å². The summed E-state index contributed by atoms with van der Waals surface area (Å²) in [6.07, 6.45) is 1.85. The first kappa shape index (κ1) is 7.44. The smallest absolute Gasteiger partial charge is 0.0512 e. The van der Waals surface area contributed by atoms with Gasteiger partial charge in [0.05, 0.1) is 6.10 Å². The van der Waals surface area contributed by atoms with E-state index in [9.17, 15) is 0 Å². The van der Waals surface area contributed by atoms with Crippen LogP contribution in [-0.2, 0) is 0 Å². The van der Waals surface area contributed by atoms with Crippen LogP contribution in [0.1, 0.15) is 19.8 Å². The van der Waals surface area contributed by atoms with Gasteiger partial charge in [0, 0.05) is 5.33 Å². The molecule has 0 fully saturated rings. The van der Waals surface area contributed by atoms with E-state index in [-0.39, 0.29) is 6.10 Å². The molecular formula is C5H11BrO. The lowest BCUT2D eigenvalue weighted by Crippen LogP contribution is -1.98. The van der Waals surface area contributed by atoms with Gasteiger partial charge >= 0.3 is 0 Å². The standard InChI is InChI=1S/C5H11BrO/c1-5(7)3-2-4-6/h5,7H,2-4H2,1H3. The first-order chi connectivity index (χ1) is 3.27. The second-order valence-electron chi connectivity index (χ2n) is 1.68. The molecule has 7 heavy (non-hydrogen) atoms. The molecule has 0 aliphatic carbocycles. The summed E-state index contributed by atoms with van der Waals surface area (Å²) < 4.78 is 0. The molecule has 0 saturated carbocycles. The minimum absolute atomic E-state index is 0.127. The largest absolute Gasteiger partial charge is 0.393 e. The third-order valence-corrected chi connectivity index (χ3v) is 1.32. The number of aliphatic hydroxyl groups is 1. The van der Waals surface area contributed by atoms with E-state index in [4.69, 9.17) is 5.11 Å². The summed E-state index contributed by atoms with van der Waals surface area (Å²) in [4.78, 5) is 0. The molecule has 0 bridgehead atoms. The number of alkyl halides is 1. The first-order valence-corrected chi connectivity index (χ1v) is 3.63. The molecule has 1 unspecified atom stereocenters. The fraction of sp³-hybridized carbons (Fsp3) is 1.00. The molecule has 0 rings (SSSR count). The van der Waals surface area contributed by atoms with Crippen LogP contribution in [0.25, 0.3) is 0 Å². The van der Waals surface area contributed by atoms with Crippen molar-refractivity contribution >= 4 is 15.9 Å². The Bertz CT molecular complexity index is 37.1. The van der Waals surface area contributed by atoms with Gasteiger partial charge in [-0.1, -0.05) is 15.9 Å². The summed E-state index contributed by atoms with van der Waals surface area (Å²) in [5.74, 6) is 0. The van der Waals surface area contributed by atoms with Gasteiger partial charge in [-0.05, 0) is 19.8 Å². The van der Waals surface area contributed by atoms with Gasteiger partial charge in [0.1, 0.15) is 0 Å². The van der Waals surface area contributed by atoms with E-state index < -0.39 is 0 Å². The molecule has 44 valence electrons. The number of hydrogen-bond acceptors (Lipinski definition) is 1. The van der Waals surface area contributed by atoms with Crippen molar-refractivity contribution in [3.05, 3.63) is 0 Å². The number of aliphatic hydroxyl groups excluding tert-OH is 1. The monoisotopic (exact) mass is 166 g/mol. The minimum Gasteiger partial charge on any atom is -0.393 e. The van der Waals surface area contributed by atoms with E-state index in [1.807, 2.05) is 6.92 Å². The van der Waals surface area contributed by atoms with Crippen molar-refractivity contribution in [1.29, 1.82) is 0 Å². The highest BCUT2D eigenvalue weighted by Gasteiger charge is 1.90. The molecule has 0 spiro atoms. The Morgan fingerprint density at radius 3 is 2.43 bits per heavy atom. The Labute approximate surface area is 52.9 Å². The highest BCUT2D eigenvalue weighted by Crippen LogP contribution is 1.97. The fourth-order valence-corrected chi connectivity index (χ4v) is 0.696. The molecule has 0 saturated heterocycles. The molecule has 0 aromatic rings. The molecule has 1 atom stereocenters. The Morgan fingerprint density at radius 1 is 1.71 bits per heavy atom. The fourth-order valence-electron chi connectivity index (χ4n) is 0.373. The topological polar surface area (TPSA) is 20.2 Å². The van der Waals surface area contributed by atoms with E-state index in [0.717, 1.165) is 18.2 Å². The lowest BCUT2D eigenvalue weighted by Gasteiger charge is -1.97. The second-order valence-corrected chi connectivity index (χ2v) is 2.47. The van der Waals surface area contributed by atoms with Gasteiger partial charge in [0.15, 0.2) is 0 Å². The third kappa shape index (κ3) is 6.44. The summed E-state index contributed by atoms with van der Waals surface area (Å²) in [6, 6.07) is 0. The Hall–Kier alpha value is 0.440. The van der Waals surface area contributed by atoms with Crippen molar-refractivity contribution in [2.24, 2.45) is 0 Å². The zero-order valence-electron chi connectivity index (χ0n) is 4.52. The molecule has 0 aromatic heterocycles. The molecule has 1 nitrogen and oxygen atoms in total. The van der Waals surface area contributed by atoms with Gasteiger partial charge in [0.25, 0.3) is 0 Å². The van der Waals surface area contributed by atoms with Crippen LogP contribution in [0, 0.1) is 0 Å². The zero-order valence-corrected chi connectivity index (χ0v) is 6.11. The molecule has 0 aliphatic rings. The summed E-state index contributed by atoms with van der Waals surface area (Å²) in [5, 5.41) is 9.66. The normalized spacial score (nSPS) is 14.1. The molecule has 2 heteroatoms. The Morgan fingerprint density at radius 2 is 2.29 bits per heavy atom. The zero-order chi connectivity index (χ0) is 5.70. The predicted octanol–water partition coefficient (Wildman–Crippen LogP) is 1.54. The number of halogens is 1. The molecular weight excluding hydrogens is 156 g/mol. The first-order valence-electron chi connectivity index (χ1n) is 2.51. The van der Waals surface area contributed by atoms with Gasteiger partial charge in [-0.25, -0.2) is 0 Å². The van der Waals surface area contributed by atoms with Crippen LogP contribution >= 0.6 is 15.9 Å². The van der Waals surface area contributed by atoms with Crippen LogP contribution in [0.15, 0.2) is 0 Å². The molecule has 0 aliphatic heterocycles. The number of hydrogen-bond donors (Lipinski definition) is 1. The van der Waals surface area contributed by atoms with Gasteiger partial charge in [-0.3, -0.25) is 0 Å². The predicted molar refractivity (Wildman–Crippen MR) is 34.7 cm³/mol. The third-order valence-electron chi connectivity index (χ3n) is 0.756. The van der Waals surface area contributed by atoms with E-state index >= 15 is 0 Å². The Balaban J connectivity index is 2.68. The summed E-state index contributed by atoms with van der Waals surface area (Å²) in [7, 11) is 0. The molecule has 1 N–H and O–H groups in total. The van der Waals surface area contributed by atoms with Gasteiger partial charge < -0.3 is 5.11 Å². The van der Waals surface area contributed by atoms with Crippen LogP contribution in [0.4, 0.5) is 0 Å². The maximum absolute atomic E-state index is 8.66. The lowest BCUT2D eigenvalue weighted by atomic mass is 10.2. The van der Waals surface area contributed by atoms with Crippen molar-refractivity contribution in [2.75, 3.05) is 5.33 Å². The minimum atomic E-state index is -0.127. The van der Waals surface area contributed by atoms with Crippen molar-refractivity contribution in [1.82, 2.24) is 0 Å². The van der Waals surface area contributed by atoms with Crippen molar-refractivity contribution < 1.29 is 5.11 Å². The average Bonchev–Trinajstić information content (AvgIpc) is 1.61. The van der Waals surface area contributed by atoms with Crippen LogP contribution in [0.3, 0.4) is 0 Å². The maximum Gasteiger partial charge on any atom is 0.0512 e.